The SMILES string of the molecule is CC(C)(CNCc1cc(Cl)ccc1Br)c1ccccc1. The third-order valence-corrected chi connectivity index (χ3v) is 4.45. The van der Waals surface area contributed by atoms with Gasteiger partial charge in [0.15, 0.2) is 0 Å². The van der Waals surface area contributed by atoms with Crippen LogP contribution in [0, 0.1) is 0 Å². The van der Waals surface area contributed by atoms with E-state index in [-0.39, 0.29) is 5.41 Å². The van der Waals surface area contributed by atoms with Crippen molar-refractivity contribution in [1.29, 1.82) is 0 Å². The lowest BCUT2D eigenvalue weighted by atomic mass is 9.84. The summed E-state index contributed by atoms with van der Waals surface area (Å²) in [7, 11) is 0. The van der Waals surface area contributed by atoms with E-state index in [2.05, 4.69) is 65.4 Å². The van der Waals surface area contributed by atoms with E-state index in [9.17, 15) is 0 Å². The molecule has 106 valence electrons. The molecule has 0 fully saturated rings. The van der Waals surface area contributed by atoms with Gasteiger partial charge in [0.2, 0.25) is 0 Å². The highest BCUT2D eigenvalue weighted by Crippen LogP contribution is 2.23. The van der Waals surface area contributed by atoms with E-state index in [1.807, 2.05) is 18.2 Å². The van der Waals surface area contributed by atoms with Crippen molar-refractivity contribution in [2.24, 2.45) is 0 Å². The Balaban J connectivity index is 1.97. The molecule has 1 N–H and O–H groups in total. The molecule has 20 heavy (non-hydrogen) atoms. The first kappa shape index (κ1) is 15.6. The summed E-state index contributed by atoms with van der Waals surface area (Å²) < 4.78 is 1.09. The molecule has 2 rings (SSSR count). The molecule has 0 aliphatic rings. The van der Waals surface area contributed by atoms with Gasteiger partial charge in [-0.05, 0) is 29.3 Å². The minimum absolute atomic E-state index is 0.103. The predicted molar refractivity (Wildman–Crippen MR) is 90.3 cm³/mol. The maximum Gasteiger partial charge on any atom is 0.0410 e. The number of hydrogen-bond donors (Lipinski definition) is 1. The number of benzene rings is 2. The zero-order valence-corrected chi connectivity index (χ0v) is 14.1. The van der Waals surface area contributed by atoms with Gasteiger partial charge in [-0.15, -0.1) is 0 Å². The van der Waals surface area contributed by atoms with Crippen LogP contribution in [0.3, 0.4) is 0 Å². The van der Waals surface area contributed by atoms with Crippen molar-refractivity contribution >= 4 is 27.5 Å². The average Bonchev–Trinajstić information content (AvgIpc) is 2.43. The zero-order valence-electron chi connectivity index (χ0n) is 11.8. The van der Waals surface area contributed by atoms with Crippen LogP contribution in [0.2, 0.25) is 5.02 Å². The monoisotopic (exact) mass is 351 g/mol. The molecule has 0 amide bonds. The van der Waals surface area contributed by atoms with Gasteiger partial charge in [-0.1, -0.05) is 71.7 Å². The molecule has 0 atom stereocenters. The molecule has 0 aliphatic carbocycles. The van der Waals surface area contributed by atoms with Gasteiger partial charge in [0.25, 0.3) is 0 Å². The summed E-state index contributed by atoms with van der Waals surface area (Å²) in [5.74, 6) is 0. The summed E-state index contributed by atoms with van der Waals surface area (Å²) in [6.07, 6.45) is 0. The Morgan fingerprint density at radius 2 is 1.80 bits per heavy atom. The van der Waals surface area contributed by atoms with Gasteiger partial charge in [0.05, 0.1) is 0 Å². The van der Waals surface area contributed by atoms with Crippen LogP contribution in [0.4, 0.5) is 0 Å². The Morgan fingerprint density at radius 3 is 2.50 bits per heavy atom. The van der Waals surface area contributed by atoms with Gasteiger partial charge < -0.3 is 5.32 Å². The van der Waals surface area contributed by atoms with Gasteiger partial charge in [0.1, 0.15) is 0 Å². The first-order valence-corrected chi connectivity index (χ1v) is 7.86. The van der Waals surface area contributed by atoms with E-state index < -0.39 is 0 Å². The average molecular weight is 353 g/mol. The largest absolute Gasteiger partial charge is 0.312 e. The molecule has 0 unspecified atom stereocenters. The van der Waals surface area contributed by atoms with E-state index in [0.717, 1.165) is 22.6 Å². The van der Waals surface area contributed by atoms with Crippen molar-refractivity contribution in [3.05, 3.63) is 69.2 Å². The summed E-state index contributed by atoms with van der Waals surface area (Å²) in [6, 6.07) is 16.5. The second-order valence-electron chi connectivity index (χ2n) is 5.59. The van der Waals surface area contributed by atoms with Crippen LogP contribution in [0.25, 0.3) is 0 Å². The van der Waals surface area contributed by atoms with Crippen LogP contribution in [0.5, 0.6) is 0 Å². The van der Waals surface area contributed by atoms with Crippen molar-refractivity contribution in [3.8, 4) is 0 Å². The summed E-state index contributed by atoms with van der Waals surface area (Å²) in [5, 5.41) is 4.29. The maximum atomic E-state index is 6.03. The van der Waals surface area contributed by atoms with Crippen LogP contribution in [-0.2, 0) is 12.0 Å². The zero-order chi connectivity index (χ0) is 14.6. The molecule has 0 bridgehead atoms. The number of halogens is 2. The summed E-state index contributed by atoms with van der Waals surface area (Å²) in [6.45, 7) is 6.22. The third kappa shape index (κ3) is 4.08. The summed E-state index contributed by atoms with van der Waals surface area (Å²) >= 11 is 9.59. The Labute approximate surface area is 134 Å². The molecular formula is C17H19BrClN. The Hall–Kier alpha value is -0.830. The van der Waals surface area contributed by atoms with E-state index in [4.69, 9.17) is 11.6 Å². The normalized spacial score (nSPS) is 11.6. The molecule has 3 heteroatoms. The van der Waals surface area contributed by atoms with Gasteiger partial charge in [-0.25, -0.2) is 0 Å². The predicted octanol–water partition coefficient (Wildman–Crippen LogP) is 5.17. The first-order chi connectivity index (χ1) is 9.49. The molecule has 1 nitrogen and oxygen atoms in total. The third-order valence-electron chi connectivity index (χ3n) is 3.45. The molecule has 0 heterocycles. The lowest BCUT2D eigenvalue weighted by Crippen LogP contribution is -2.32. The van der Waals surface area contributed by atoms with Crippen LogP contribution < -0.4 is 5.32 Å². The molecule has 2 aromatic carbocycles. The highest BCUT2D eigenvalue weighted by Gasteiger charge is 2.19. The molecule has 0 saturated heterocycles. The van der Waals surface area contributed by atoms with E-state index in [1.54, 1.807) is 0 Å². The van der Waals surface area contributed by atoms with Crippen LogP contribution >= 0.6 is 27.5 Å². The lowest BCUT2D eigenvalue weighted by Gasteiger charge is -2.26. The molecular weight excluding hydrogens is 334 g/mol. The highest BCUT2D eigenvalue weighted by molar-refractivity contribution is 9.10. The fraction of sp³-hybridized carbons (Fsp3) is 0.294. The van der Waals surface area contributed by atoms with E-state index >= 15 is 0 Å². The Kier molecular flexibility index (Phi) is 5.25. The second-order valence-corrected chi connectivity index (χ2v) is 6.88. The molecule has 0 radical (unpaired) electrons. The van der Waals surface area contributed by atoms with Gasteiger partial charge in [-0.3, -0.25) is 0 Å². The maximum absolute atomic E-state index is 6.03. The van der Waals surface area contributed by atoms with Crippen molar-refractivity contribution < 1.29 is 0 Å². The minimum atomic E-state index is 0.103. The fourth-order valence-electron chi connectivity index (χ4n) is 2.18. The van der Waals surface area contributed by atoms with Crippen LogP contribution in [0.1, 0.15) is 25.0 Å². The number of nitrogens with one attached hydrogen (secondary N) is 1. The minimum Gasteiger partial charge on any atom is -0.312 e. The first-order valence-electron chi connectivity index (χ1n) is 6.69. The summed E-state index contributed by atoms with van der Waals surface area (Å²) in [4.78, 5) is 0. The second kappa shape index (κ2) is 6.75. The smallest absolute Gasteiger partial charge is 0.0410 e. The molecule has 2 aromatic rings. The quantitative estimate of drug-likeness (QED) is 0.782. The van der Waals surface area contributed by atoms with Crippen molar-refractivity contribution in [2.75, 3.05) is 6.54 Å². The van der Waals surface area contributed by atoms with E-state index in [0.29, 0.717) is 0 Å². The highest BCUT2D eigenvalue weighted by atomic mass is 79.9. The lowest BCUT2D eigenvalue weighted by molar-refractivity contribution is 0.468. The molecule has 0 saturated carbocycles. The number of rotatable bonds is 5. The van der Waals surface area contributed by atoms with Crippen molar-refractivity contribution in [2.45, 2.75) is 25.8 Å². The van der Waals surface area contributed by atoms with Crippen molar-refractivity contribution in [3.63, 3.8) is 0 Å². The molecule has 0 aromatic heterocycles. The topological polar surface area (TPSA) is 12.0 Å². The standard InChI is InChI=1S/C17H19BrClN/c1-17(2,14-6-4-3-5-7-14)12-20-11-13-10-15(19)8-9-16(13)18/h3-10,20H,11-12H2,1-2H3. The Morgan fingerprint density at radius 1 is 1.10 bits per heavy atom. The Bertz CT molecular complexity index is 566. The van der Waals surface area contributed by atoms with Crippen molar-refractivity contribution in [1.82, 2.24) is 5.32 Å². The van der Waals surface area contributed by atoms with Gasteiger partial charge >= 0.3 is 0 Å². The fourth-order valence-corrected chi connectivity index (χ4v) is 2.76. The van der Waals surface area contributed by atoms with E-state index in [1.165, 1.54) is 11.1 Å². The summed E-state index contributed by atoms with van der Waals surface area (Å²) in [5.41, 5.74) is 2.63. The van der Waals surface area contributed by atoms with Crippen LogP contribution in [-0.4, -0.2) is 6.54 Å². The van der Waals surface area contributed by atoms with Gasteiger partial charge in [-0.2, -0.15) is 0 Å². The van der Waals surface area contributed by atoms with Gasteiger partial charge in [0, 0.05) is 28.0 Å². The molecule has 0 spiro atoms. The number of hydrogen-bond acceptors (Lipinski definition) is 1. The molecule has 0 aliphatic heterocycles. The van der Waals surface area contributed by atoms with Crippen LogP contribution in [0.15, 0.2) is 53.0 Å².